The fraction of sp³-hybridized carbons (Fsp3) is 0.400. The molecule has 0 amide bonds. The van der Waals surface area contributed by atoms with E-state index in [9.17, 15) is 7.38 Å². The van der Waals surface area contributed by atoms with E-state index < -0.39 is 18.1 Å². The van der Waals surface area contributed by atoms with E-state index in [1.54, 1.807) is 13.8 Å². The van der Waals surface area contributed by atoms with Gasteiger partial charge >= 0.3 is 83.5 Å². The van der Waals surface area contributed by atoms with Crippen molar-refractivity contribution in [1.29, 1.82) is 0 Å². The van der Waals surface area contributed by atoms with Gasteiger partial charge < -0.3 is 0 Å². The van der Waals surface area contributed by atoms with Gasteiger partial charge in [0.25, 0.3) is 0 Å². The predicted molar refractivity (Wildman–Crippen MR) is 57.3 cm³/mol. The van der Waals surface area contributed by atoms with Gasteiger partial charge in [0.05, 0.1) is 0 Å². The van der Waals surface area contributed by atoms with Gasteiger partial charge in [0.2, 0.25) is 0 Å². The number of carbonyl (C=O) groups excluding carboxylic acids is 1. The summed E-state index contributed by atoms with van der Waals surface area (Å²) >= 11 is -4.44. The topological polar surface area (TPSA) is 76.0 Å². The molecule has 0 aromatic heterocycles. The van der Waals surface area contributed by atoms with Crippen molar-refractivity contribution in [1.82, 2.24) is 0 Å². The maximum Gasteiger partial charge on any atom is 0.116 e. The first-order valence-corrected chi connectivity index (χ1v) is 7.08. The van der Waals surface area contributed by atoms with E-state index >= 15 is 0 Å². The molecule has 0 bridgehead atoms. The fourth-order valence-electron chi connectivity index (χ4n) is 0.476. The van der Waals surface area contributed by atoms with Crippen molar-refractivity contribution in [2.75, 3.05) is 13.2 Å². The molecule has 0 fully saturated rings. The molecule has 0 unspecified atom stereocenters. The summed E-state index contributed by atoms with van der Waals surface area (Å²) in [4.78, 5) is 8.57. The first-order valence-electron chi connectivity index (χ1n) is 4.40. The molecular weight excluding hydrogens is 248 g/mol. The van der Waals surface area contributed by atoms with Gasteiger partial charge in [-0.25, -0.2) is 4.79 Å². The molecular formula is C10H18O5Ti. The molecule has 0 aliphatic carbocycles. The van der Waals surface area contributed by atoms with Crippen molar-refractivity contribution in [3.8, 4) is 0 Å². The Bertz CT molecular complexity index is 246. The summed E-state index contributed by atoms with van der Waals surface area (Å²) in [6.45, 7) is 13.5. The van der Waals surface area contributed by atoms with Crippen LogP contribution in [0.5, 0.6) is 0 Å². The molecule has 92 valence electrons. The van der Waals surface area contributed by atoms with Crippen molar-refractivity contribution >= 4 is 5.94 Å². The fourth-order valence-corrected chi connectivity index (χ4v) is 1.96. The Morgan fingerprint density at radius 3 is 1.62 bits per heavy atom. The van der Waals surface area contributed by atoms with Crippen molar-refractivity contribution < 1.29 is 36.9 Å². The second-order valence-corrected chi connectivity index (χ2v) is 5.80. The Morgan fingerprint density at radius 1 is 1.19 bits per heavy atom. The van der Waals surface area contributed by atoms with E-state index in [0.29, 0.717) is 0 Å². The molecule has 6 heteroatoms. The van der Waals surface area contributed by atoms with Gasteiger partial charge in [-0.1, -0.05) is 0 Å². The van der Waals surface area contributed by atoms with Crippen molar-refractivity contribution in [3.05, 3.63) is 30.9 Å². The van der Waals surface area contributed by atoms with Crippen molar-refractivity contribution in [3.63, 3.8) is 0 Å². The normalized spacial score (nSPS) is 9.75. The van der Waals surface area contributed by atoms with Gasteiger partial charge in [0.1, 0.15) is 5.94 Å². The van der Waals surface area contributed by atoms with Crippen LogP contribution in [0.3, 0.4) is 0 Å². The Labute approximate surface area is 101 Å². The van der Waals surface area contributed by atoms with E-state index in [2.05, 4.69) is 19.7 Å². The smallest absolute Gasteiger partial charge is 0.116 e. The van der Waals surface area contributed by atoms with Gasteiger partial charge in [-0.15, -0.1) is 0 Å². The average molecular weight is 266 g/mol. The number of hydrogen-bond donors (Lipinski definition) is 2. The first-order chi connectivity index (χ1) is 7.25. The summed E-state index contributed by atoms with van der Waals surface area (Å²) in [6, 6.07) is 0. The second-order valence-electron chi connectivity index (χ2n) is 3.18. The Kier molecular flexibility index (Phi) is 10.8. The van der Waals surface area contributed by atoms with E-state index in [0.717, 1.165) is 11.1 Å². The maximum atomic E-state index is 9.23. The monoisotopic (exact) mass is 266 g/mol. The molecule has 5 nitrogen and oxygen atoms in total. The molecule has 2 N–H and O–H groups in total. The minimum atomic E-state index is -4.44. The summed E-state index contributed by atoms with van der Waals surface area (Å²) < 4.78 is 28.0. The Hall–Kier alpha value is -0.516. The van der Waals surface area contributed by atoms with Crippen molar-refractivity contribution in [2.45, 2.75) is 13.8 Å². The third kappa shape index (κ3) is 15.9. The number of hydrogen-bond acceptors (Lipinski definition) is 5. The van der Waals surface area contributed by atoms with Crippen molar-refractivity contribution in [2.24, 2.45) is 0 Å². The van der Waals surface area contributed by atoms with Crippen LogP contribution in [-0.4, -0.2) is 26.5 Å². The van der Waals surface area contributed by atoms with Gasteiger partial charge in [-0.3, -0.25) is 0 Å². The molecule has 0 rings (SSSR count). The van der Waals surface area contributed by atoms with E-state index in [4.69, 9.17) is 11.4 Å². The first kappa shape index (κ1) is 17.9. The minimum absolute atomic E-state index is 0.114. The van der Waals surface area contributed by atoms with Gasteiger partial charge in [-0.05, 0) is 6.58 Å². The molecule has 16 heavy (non-hydrogen) atoms. The van der Waals surface area contributed by atoms with Crippen LogP contribution in [0.4, 0.5) is 0 Å². The second kappa shape index (κ2) is 9.69. The molecule has 0 aliphatic heterocycles. The van der Waals surface area contributed by atoms with Crippen LogP contribution in [0.25, 0.3) is 0 Å². The van der Waals surface area contributed by atoms with Gasteiger partial charge in [0, 0.05) is 0 Å². The SMILES string of the molecule is C=C(C)C[O][Ti]([OH])([OH])[O]CC(=C)C.C=C=O. The zero-order valence-electron chi connectivity index (χ0n) is 9.65. The van der Waals surface area contributed by atoms with Crippen LogP contribution in [0.15, 0.2) is 30.9 Å². The van der Waals surface area contributed by atoms with Crippen LogP contribution in [0, 0.1) is 0 Å². The van der Waals surface area contributed by atoms with Crippen LogP contribution < -0.4 is 0 Å². The minimum Gasteiger partial charge on any atom is -0.234 e. The molecule has 0 saturated carbocycles. The van der Waals surface area contributed by atoms with Gasteiger partial charge in [-0.2, -0.15) is 0 Å². The van der Waals surface area contributed by atoms with Crippen LogP contribution >= 0.6 is 0 Å². The largest absolute Gasteiger partial charge is 0.234 e. The molecule has 0 heterocycles. The molecule has 0 radical (unpaired) electrons. The molecule has 0 saturated heterocycles. The molecule has 0 aromatic carbocycles. The van der Waals surface area contributed by atoms with E-state index in [-0.39, 0.29) is 13.2 Å². The zero-order valence-corrected chi connectivity index (χ0v) is 11.2. The summed E-state index contributed by atoms with van der Waals surface area (Å²) in [7, 11) is 0. The maximum absolute atomic E-state index is 9.23. The summed E-state index contributed by atoms with van der Waals surface area (Å²) in [6.07, 6.45) is 0. The quantitative estimate of drug-likeness (QED) is 0.425. The van der Waals surface area contributed by atoms with Crippen LogP contribution in [-0.2, 0) is 29.6 Å². The molecule has 0 aromatic rings. The summed E-state index contributed by atoms with van der Waals surface area (Å²) in [5, 5.41) is 0. The van der Waals surface area contributed by atoms with E-state index in [1.807, 2.05) is 0 Å². The van der Waals surface area contributed by atoms with E-state index in [1.165, 1.54) is 5.94 Å². The Balaban J connectivity index is 0. The average Bonchev–Trinajstić information content (AvgIpc) is 2.14. The Morgan fingerprint density at radius 2 is 1.44 bits per heavy atom. The number of rotatable bonds is 6. The third-order valence-electron chi connectivity index (χ3n) is 1.01. The van der Waals surface area contributed by atoms with Crippen LogP contribution in [0.2, 0.25) is 0 Å². The standard InChI is InChI=1S/2C4H7O.C2H2O.2H2O.Ti/c2*1-4(2)3-5;1-2-3;;;/h2*1,3H2,2H3;1H2;2*1H2;/q2*-1;;;;+4/p-2. The van der Waals surface area contributed by atoms with Crippen LogP contribution in [0.1, 0.15) is 13.8 Å². The third-order valence-corrected chi connectivity index (χ3v) is 2.64. The zero-order chi connectivity index (χ0) is 13.2. The predicted octanol–water partition coefficient (Wildman–Crippen LogP) is 0.974. The summed E-state index contributed by atoms with van der Waals surface area (Å²) in [5.41, 5.74) is 1.44. The molecule has 0 atom stereocenters. The molecule has 0 aliphatic rings. The summed E-state index contributed by atoms with van der Waals surface area (Å²) in [5.74, 6) is 1.25. The molecule has 0 spiro atoms. The van der Waals surface area contributed by atoms with Gasteiger partial charge in [0.15, 0.2) is 0 Å².